The molecule has 0 aliphatic heterocycles. The average molecular weight is 315 g/mol. The highest BCUT2D eigenvalue weighted by molar-refractivity contribution is 5.80. The van der Waals surface area contributed by atoms with Crippen molar-refractivity contribution in [2.75, 3.05) is 0 Å². The summed E-state index contributed by atoms with van der Waals surface area (Å²) in [5, 5.41) is 42.1. The fourth-order valence-electron chi connectivity index (χ4n) is 1.53. The van der Waals surface area contributed by atoms with E-state index in [-0.39, 0.29) is 12.5 Å². The fraction of sp³-hybridized carbons (Fsp3) is 0.300. The smallest absolute Gasteiger partial charge is 0.367 e. The standard InChI is InChI=1S/C10H9N3O9/c1-2-3-7(14)22-10-6(12(18)19)4-5(11(16)17)9(15)8(10)13(20)21/h4,15H,2-3H2,1H3. The average Bonchev–Trinajstić information content (AvgIpc) is 2.37. The quantitative estimate of drug-likeness (QED) is 0.355. The first-order valence-corrected chi connectivity index (χ1v) is 5.74. The van der Waals surface area contributed by atoms with Crippen LogP contribution in [0.25, 0.3) is 0 Å². The third kappa shape index (κ3) is 3.23. The first-order chi connectivity index (χ1) is 10.2. The largest absolute Gasteiger partial charge is 0.497 e. The van der Waals surface area contributed by atoms with Gasteiger partial charge in [-0.2, -0.15) is 0 Å². The first kappa shape index (κ1) is 16.7. The third-order valence-corrected chi connectivity index (χ3v) is 2.43. The van der Waals surface area contributed by atoms with Crippen LogP contribution in [0.1, 0.15) is 19.8 Å². The van der Waals surface area contributed by atoms with Gasteiger partial charge in [0, 0.05) is 6.42 Å². The SMILES string of the molecule is CCCC(=O)Oc1c([N+](=O)[O-])cc([N+](=O)[O-])c(O)c1[N+](=O)[O-]. The van der Waals surface area contributed by atoms with Crippen LogP contribution in [0.3, 0.4) is 0 Å². The van der Waals surface area contributed by atoms with Crippen molar-refractivity contribution in [3.8, 4) is 11.5 Å². The summed E-state index contributed by atoms with van der Waals surface area (Å²) in [6.07, 6.45) is 0.117. The molecule has 118 valence electrons. The van der Waals surface area contributed by atoms with Gasteiger partial charge < -0.3 is 9.84 Å². The molecule has 1 N–H and O–H groups in total. The maximum atomic E-state index is 11.4. The summed E-state index contributed by atoms with van der Waals surface area (Å²) < 4.78 is 4.55. The number of phenolic OH excluding ortho intramolecular Hbond substituents is 1. The third-order valence-electron chi connectivity index (χ3n) is 2.43. The van der Waals surface area contributed by atoms with E-state index in [4.69, 9.17) is 0 Å². The van der Waals surface area contributed by atoms with Gasteiger partial charge in [-0.3, -0.25) is 35.1 Å². The van der Waals surface area contributed by atoms with E-state index in [2.05, 4.69) is 4.74 Å². The second-order valence-corrected chi connectivity index (χ2v) is 3.94. The van der Waals surface area contributed by atoms with E-state index in [0.29, 0.717) is 6.42 Å². The number of nitrogens with zero attached hydrogens (tertiary/aromatic N) is 3. The number of aromatic hydroxyl groups is 1. The van der Waals surface area contributed by atoms with Gasteiger partial charge in [0.25, 0.3) is 11.5 Å². The molecule has 22 heavy (non-hydrogen) atoms. The molecular weight excluding hydrogens is 306 g/mol. The van der Waals surface area contributed by atoms with E-state index in [0.717, 1.165) is 0 Å². The van der Waals surface area contributed by atoms with Crippen molar-refractivity contribution >= 4 is 23.0 Å². The molecule has 0 saturated carbocycles. The van der Waals surface area contributed by atoms with Crippen LogP contribution in [-0.2, 0) is 4.79 Å². The number of phenols is 1. The van der Waals surface area contributed by atoms with Crippen molar-refractivity contribution in [1.29, 1.82) is 0 Å². The number of carbonyl (C=O) groups is 1. The Balaban J connectivity index is 3.66. The molecule has 12 nitrogen and oxygen atoms in total. The molecule has 0 aliphatic carbocycles. The van der Waals surface area contributed by atoms with Gasteiger partial charge in [0.15, 0.2) is 0 Å². The Kier molecular flexibility index (Phi) is 4.89. The first-order valence-electron chi connectivity index (χ1n) is 5.74. The Bertz CT molecular complexity index is 670. The Morgan fingerprint density at radius 3 is 2.09 bits per heavy atom. The zero-order chi connectivity index (χ0) is 17.0. The van der Waals surface area contributed by atoms with Crippen LogP contribution >= 0.6 is 0 Å². The number of esters is 1. The summed E-state index contributed by atoms with van der Waals surface area (Å²) in [6, 6.07) is 0.289. The van der Waals surface area contributed by atoms with Crippen LogP contribution in [0.15, 0.2) is 6.07 Å². The molecule has 0 bridgehead atoms. The van der Waals surface area contributed by atoms with Crippen molar-refractivity contribution in [2.45, 2.75) is 19.8 Å². The number of nitro groups is 3. The second-order valence-electron chi connectivity index (χ2n) is 3.94. The van der Waals surface area contributed by atoms with Crippen LogP contribution in [-0.4, -0.2) is 25.8 Å². The van der Waals surface area contributed by atoms with E-state index in [1.165, 1.54) is 0 Å². The Labute approximate surface area is 121 Å². The number of benzene rings is 1. The summed E-state index contributed by atoms with van der Waals surface area (Å²) >= 11 is 0. The monoisotopic (exact) mass is 315 g/mol. The lowest BCUT2D eigenvalue weighted by Gasteiger charge is -2.06. The Hall–Kier alpha value is -3.31. The van der Waals surface area contributed by atoms with Crippen molar-refractivity contribution in [3.05, 3.63) is 36.4 Å². The summed E-state index contributed by atoms with van der Waals surface area (Å²) in [4.78, 5) is 40.2. The lowest BCUT2D eigenvalue weighted by atomic mass is 10.2. The minimum absolute atomic E-state index is 0.188. The van der Waals surface area contributed by atoms with Crippen LogP contribution in [0.5, 0.6) is 11.5 Å². The van der Waals surface area contributed by atoms with Crippen molar-refractivity contribution in [2.24, 2.45) is 0 Å². The summed E-state index contributed by atoms with van der Waals surface area (Å²) in [5.41, 5.74) is -3.82. The van der Waals surface area contributed by atoms with Gasteiger partial charge >= 0.3 is 23.0 Å². The lowest BCUT2D eigenvalue weighted by molar-refractivity contribution is -0.405. The topological polar surface area (TPSA) is 176 Å². The maximum Gasteiger partial charge on any atom is 0.367 e. The van der Waals surface area contributed by atoms with Crippen molar-refractivity contribution < 1.29 is 29.4 Å². The molecule has 0 heterocycles. The molecule has 12 heteroatoms. The van der Waals surface area contributed by atoms with Crippen LogP contribution in [0, 0.1) is 30.3 Å². The van der Waals surface area contributed by atoms with E-state index in [1.54, 1.807) is 6.92 Å². The highest BCUT2D eigenvalue weighted by Crippen LogP contribution is 2.48. The van der Waals surface area contributed by atoms with Gasteiger partial charge in [0.05, 0.1) is 14.8 Å². The summed E-state index contributed by atoms with van der Waals surface area (Å²) in [6.45, 7) is 1.59. The fourth-order valence-corrected chi connectivity index (χ4v) is 1.53. The van der Waals surface area contributed by atoms with E-state index in [1.807, 2.05) is 0 Å². The van der Waals surface area contributed by atoms with Gasteiger partial charge in [-0.15, -0.1) is 0 Å². The zero-order valence-corrected chi connectivity index (χ0v) is 11.0. The van der Waals surface area contributed by atoms with Crippen molar-refractivity contribution in [3.63, 3.8) is 0 Å². The number of ether oxygens (including phenoxy) is 1. The predicted molar refractivity (Wildman–Crippen MR) is 68.6 cm³/mol. The number of hydrogen-bond donors (Lipinski definition) is 1. The predicted octanol–water partition coefficient (Wildman–Crippen LogP) is 1.82. The zero-order valence-electron chi connectivity index (χ0n) is 11.0. The van der Waals surface area contributed by atoms with Gasteiger partial charge in [-0.1, -0.05) is 6.92 Å². The molecule has 1 rings (SSSR count). The number of hydrogen-bond acceptors (Lipinski definition) is 9. The van der Waals surface area contributed by atoms with Gasteiger partial charge in [0.1, 0.15) is 6.07 Å². The van der Waals surface area contributed by atoms with E-state index < -0.39 is 49.3 Å². The number of carbonyl (C=O) groups excluding carboxylic acids is 1. The molecule has 0 spiro atoms. The molecule has 0 aliphatic rings. The molecule has 0 unspecified atom stereocenters. The molecular formula is C10H9N3O9. The highest BCUT2D eigenvalue weighted by atomic mass is 16.6. The van der Waals surface area contributed by atoms with Gasteiger partial charge in [-0.25, -0.2) is 0 Å². The van der Waals surface area contributed by atoms with Crippen LogP contribution in [0.2, 0.25) is 0 Å². The molecule has 0 aromatic heterocycles. The second kappa shape index (κ2) is 6.43. The highest BCUT2D eigenvalue weighted by Gasteiger charge is 2.39. The molecule has 0 atom stereocenters. The molecule has 0 saturated heterocycles. The minimum atomic E-state index is -1.43. The maximum absolute atomic E-state index is 11.4. The molecule has 1 aromatic carbocycles. The van der Waals surface area contributed by atoms with Gasteiger partial charge in [-0.05, 0) is 6.42 Å². The van der Waals surface area contributed by atoms with Crippen LogP contribution in [0.4, 0.5) is 17.1 Å². The molecule has 1 aromatic rings. The minimum Gasteiger partial charge on any atom is -0.497 e. The van der Waals surface area contributed by atoms with Crippen molar-refractivity contribution in [1.82, 2.24) is 0 Å². The summed E-state index contributed by atoms with van der Waals surface area (Å²) in [7, 11) is 0. The summed E-state index contributed by atoms with van der Waals surface area (Å²) in [5.74, 6) is -3.58. The Morgan fingerprint density at radius 2 is 1.68 bits per heavy atom. The normalized spacial score (nSPS) is 10.0. The Morgan fingerprint density at radius 1 is 1.14 bits per heavy atom. The number of nitro benzene ring substituents is 3. The van der Waals surface area contributed by atoms with E-state index in [9.17, 15) is 40.2 Å². The van der Waals surface area contributed by atoms with Crippen LogP contribution < -0.4 is 4.74 Å². The van der Waals surface area contributed by atoms with E-state index >= 15 is 0 Å². The molecule has 0 amide bonds. The molecule has 0 fully saturated rings. The molecule has 0 radical (unpaired) electrons. The lowest BCUT2D eigenvalue weighted by Crippen LogP contribution is -2.11. The van der Waals surface area contributed by atoms with Gasteiger partial charge in [0.2, 0.25) is 0 Å². The number of rotatable bonds is 6.